The Hall–Kier alpha value is -5.36. The van der Waals surface area contributed by atoms with Crippen LogP contribution in [-0.4, -0.2) is 70.7 Å². The number of hydrogen-bond donors (Lipinski definition) is 0. The van der Waals surface area contributed by atoms with Gasteiger partial charge in [0.1, 0.15) is 19.0 Å². The molecule has 0 radical (unpaired) electrons. The first-order valence-electron chi connectivity index (χ1n) is 12.8. The smallest absolute Gasteiger partial charge is 0.377 e. The molecule has 5 rings (SSSR count). The number of rotatable bonds is 9. The molecule has 0 amide bonds. The minimum atomic E-state index is -1.29. The average Bonchev–Trinajstić information content (AvgIpc) is 3.66. The van der Waals surface area contributed by atoms with Crippen LogP contribution < -0.4 is 0 Å². The first-order chi connectivity index (χ1) is 20.4. The Bertz CT molecular complexity index is 1540. The SMILES string of the molecule is COC(=O)c1ncn([C@@H]2O[C@H](COC(=O)c3ccccc3)[C@H](OC(=O)c3ccccc3)C2OC(=O)c2ccccc2)n1. The standard InChI is InChI=1S/C30H25N3O9/c1-38-30(37)25-31-18-33(32-25)26-24(42-29(36)21-15-9-4-10-16-21)23(41-28(35)20-13-7-3-8-14-20)22(40-26)17-39-27(34)19-11-5-2-6-12-19/h2-16,18,22-24,26H,17H2,1H3/t22-,23+,24?,26-/m1/s1. The van der Waals surface area contributed by atoms with E-state index in [1.807, 2.05) is 0 Å². The number of methoxy groups -OCH3 is 1. The van der Waals surface area contributed by atoms with Crippen LogP contribution in [0.5, 0.6) is 0 Å². The number of aromatic nitrogens is 3. The van der Waals surface area contributed by atoms with Crippen molar-refractivity contribution >= 4 is 23.9 Å². The van der Waals surface area contributed by atoms with E-state index in [1.165, 1.54) is 13.4 Å². The molecule has 1 aliphatic rings. The maximum absolute atomic E-state index is 13.2. The summed E-state index contributed by atoms with van der Waals surface area (Å²) in [6.07, 6.45) is -3.69. The van der Waals surface area contributed by atoms with Gasteiger partial charge in [0, 0.05) is 0 Å². The molecule has 12 heteroatoms. The molecule has 4 atom stereocenters. The normalized spacial score (nSPS) is 19.5. The molecule has 0 saturated carbocycles. The van der Waals surface area contributed by atoms with Gasteiger partial charge < -0.3 is 23.7 Å². The highest BCUT2D eigenvalue weighted by Crippen LogP contribution is 2.35. The van der Waals surface area contributed by atoms with E-state index in [0.717, 1.165) is 4.68 Å². The molecule has 4 aromatic rings. The molecule has 1 aliphatic heterocycles. The lowest BCUT2D eigenvalue weighted by Crippen LogP contribution is -2.41. The minimum Gasteiger partial charge on any atom is -0.463 e. The van der Waals surface area contributed by atoms with E-state index in [4.69, 9.17) is 18.9 Å². The summed E-state index contributed by atoms with van der Waals surface area (Å²) in [5.41, 5.74) is 0.774. The van der Waals surface area contributed by atoms with Crippen LogP contribution in [0.3, 0.4) is 0 Å². The second kappa shape index (κ2) is 12.9. The van der Waals surface area contributed by atoms with Crippen molar-refractivity contribution in [3.8, 4) is 0 Å². The Morgan fingerprint density at radius 1 is 0.714 bits per heavy atom. The van der Waals surface area contributed by atoms with Crippen molar-refractivity contribution in [1.29, 1.82) is 0 Å². The first-order valence-corrected chi connectivity index (χ1v) is 12.8. The Morgan fingerprint density at radius 2 is 1.21 bits per heavy atom. The van der Waals surface area contributed by atoms with Gasteiger partial charge >= 0.3 is 23.9 Å². The number of ether oxygens (including phenoxy) is 5. The van der Waals surface area contributed by atoms with Crippen LogP contribution in [0.25, 0.3) is 0 Å². The fourth-order valence-corrected chi connectivity index (χ4v) is 4.25. The van der Waals surface area contributed by atoms with E-state index in [9.17, 15) is 19.2 Å². The molecule has 1 unspecified atom stereocenters. The highest BCUT2D eigenvalue weighted by molar-refractivity contribution is 5.91. The lowest BCUT2D eigenvalue weighted by atomic mass is 10.1. The fraction of sp³-hybridized carbons (Fsp3) is 0.200. The van der Waals surface area contributed by atoms with Crippen molar-refractivity contribution in [2.45, 2.75) is 24.5 Å². The molecular weight excluding hydrogens is 546 g/mol. The molecule has 1 fully saturated rings. The van der Waals surface area contributed by atoms with E-state index in [-0.39, 0.29) is 23.6 Å². The van der Waals surface area contributed by atoms with E-state index in [1.54, 1.807) is 91.0 Å². The fourth-order valence-electron chi connectivity index (χ4n) is 4.25. The van der Waals surface area contributed by atoms with Gasteiger partial charge in [-0.3, -0.25) is 0 Å². The zero-order chi connectivity index (χ0) is 29.5. The summed E-state index contributed by atoms with van der Waals surface area (Å²) >= 11 is 0. The van der Waals surface area contributed by atoms with Gasteiger partial charge in [0.2, 0.25) is 0 Å². The Balaban J connectivity index is 1.47. The summed E-state index contributed by atoms with van der Waals surface area (Å²) in [5.74, 6) is -3.16. The highest BCUT2D eigenvalue weighted by Gasteiger charge is 2.52. The number of carbonyl (C=O) groups is 4. The summed E-state index contributed by atoms with van der Waals surface area (Å²) < 4.78 is 29.1. The molecule has 3 aromatic carbocycles. The Labute approximate surface area is 239 Å². The molecule has 214 valence electrons. The van der Waals surface area contributed by atoms with Gasteiger partial charge in [-0.1, -0.05) is 54.6 Å². The van der Waals surface area contributed by atoms with Gasteiger partial charge in [-0.15, -0.1) is 5.10 Å². The van der Waals surface area contributed by atoms with Crippen molar-refractivity contribution in [3.05, 3.63) is 120 Å². The topological polar surface area (TPSA) is 145 Å². The predicted molar refractivity (Wildman–Crippen MR) is 143 cm³/mol. The summed E-state index contributed by atoms with van der Waals surface area (Å²) in [5, 5.41) is 4.11. The van der Waals surface area contributed by atoms with Crippen molar-refractivity contribution in [1.82, 2.24) is 14.8 Å². The van der Waals surface area contributed by atoms with Crippen LogP contribution in [0.4, 0.5) is 0 Å². The van der Waals surface area contributed by atoms with Crippen LogP contribution in [0.2, 0.25) is 0 Å². The number of nitrogens with zero attached hydrogens (tertiary/aromatic N) is 3. The molecule has 1 aromatic heterocycles. The van der Waals surface area contributed by atoms with Gasteiger partial charge in [0.05, 0.1) is 23.8 Å². The van der Waals surface area contributed by atoms with Crippen LogP contribution in [0.1, 0.15) is 47.9 Å². The molecule has 0 aliphatic carbocycles. The van der Waals surface area contributed by atoms with Gasteiger partial charge in [-0.05, 0) is 36.4 Å². The largest absolute Gasteiger partial charge is 0.463 e. The van der Waals surface area contributed by atoms with Gasteiger partial charge in [-0.2, -0.15) is 0 Å². The van der Waals surface area contributed by atoms with Gasteiger partial charge in [0.25, 0.3) is 5.82 Å². The Kier molecular flexibility index (Phi) is 8.64. The van der Waals surface area contributed by atoms with Crippen molar-refractivity contribution < 1.29 is 42.9 Å². The summed E-state index contributed by atoms with van der Waals surface area (Å²) in [6, 6.07) is 24.7. The zero-order valence-electron chi connectivity index (χ0n) is 22.3. The third-order valence-corrected chi connectivity index (χ3v) is 6.32. The third-order valence-electron chi connectivity index (χ3n) is 6.32. The minimum absolute atomic E-state index is 0.234. The molecule has 2 heterocycles. The van der Waals surface area contributed by atoms with E-state index >= 15 is 0 Å². The van der Waals surface area contributed by atoms with Gasteiger partial charge in [-0.25, -0.2) is 28.8 Å². The maximum atomic E-state index is 13.2. The van der Waals surface area contributed by atoms with Crippen molar-refractivity contribution in [2.24, 2.45) is 0 Å². The molecule has 0 bridgehead atoms. The molecule has 42 heavy (non-hydrogen) atoms. The molecule has 0 N–H and O–H groups in total. The summed E-state index contributed by atoms with van der Waals surface area (Å²) in [4.78, 5) is 55.0. The second-order valence-electron chi connectivity index (χ2n) is 9.04. The maximum Gasteiger partial charge on any atom is 0.377 e. The molecule has 0 spiro atoms. The predicted octanol–water partition coefficient (Wildman–Crippen LogP) is 3.27. The number of benzene rings is 3. The van der Waals surface area contributed by atoms with Crippen LogP contribution >= 0.6 is 0 Å². The van der Waals surface area contributed by atoms with Crippen LogP contribution in [-0.2, 0) is 23.7 Å². The lowest BCUT2D eigenvalue weighted by molar-refractivity contribution is -0.0674. The van der Waals surface area contributed by atoms with Crippen molar-refractivity contribution in [2.75, 3.05) is 13.7 Å². The average molecular weight is 572 g/mol. The van der Waals surface area contributed by atoms with Crippen LogP contribution in [0.15, 0.2) is 97.3 Å². The van der Waals surface area contributed by atoms with Crippen molar-refractivity contribution in [3.63, 3.8) is 0 Å². The number of esters is 4. The Morgan fingerprint density at radius 3 is 1.74 bits per heavy atom. The molecular formula is C30H25N3O9. The van der Waals surface area contributed by atoms with Crippen LogP contribution in [0, 0.1) is 0 Å². The number of carbonyl (C=O) groups excluding carboxylic acids is 4. The highest BCUT2D eigenvalue weighted by atomic mass is 16.7. The third kappa shape index (κ3) is 6.34. The monoisotopic (exact) mass is 571 g/mol. The first kappa shape index (κ1) is 28.2. The second-order valence-corrected chi connectivity index (χ2v) is 9.04. The summed E-state index contributed by atoms with van der Waals surface area (Å²) in [7, 11) is 1.18. The van der Waals surface area contributed by atoms with Gasteiger partial charge in [0.15, 0.2) is 18.4 Å². The quantitative estimate of drug-likeness (QED) is 0.216. The number of hydrogen-bond acceptors (Lipinski definition) is 11. The zero-order valence-corrected chi connectivity index (χ0v) is 22.3. The van der Waals surface area contributed by atoms with E-state index in [2.05, 4.69) is 14.8 Å². The molecule has 12 nitrogen and oxygen atoms in total. The summed E-state index contributed by atoms with van der Waals surface area (Å²) in [6.45, 7) is -0.366. The van der Waals surface area contributed by atoms with E-state index in [0.29, 0.717) is 5.56 Å². The molecule has 1 saturated heterocycles. The van der Waals surface area contributed by atoms with E-state index < -0.39 is 48.4 Å². The lowest BCUT2D eigenvalue weighted by Gasteiger charge is -2.24.